The third kappa shape index (κ3) is 4.28. The molecule has 1 aliphatic heterocycles. The largest absolute Gasteiger partial charge is 0.487 e. The molecule has 0 saturated heterocycles. The van der Waals surface area contributed by atoms with E-state index >= 15 is 0 Å². The molecule has 0 radical (unpaired) electrons. The van der Waals surface area contributed by atoms with Crippen LogP contribution in [0.4, 0.5) is 0 Å². The maximum absolute atomic E-state index is 11.1. The lowest BCUT2D eigenvalue weighted by molar-refractivity contribution is -0.117. The van der Waals surface area contributed by atoms with Crippen molar-refractivity contribution in [3.63, 3.8) is 0 Å². The minimum Gasteiger partial charge on any atom is -0.487 e. The van der Waals surface area contributed by atoms with Crippen LogP contribution in [-0.2, 0) is 16.1 Å². The molecule has 100 valence electrons. The summed E-state index contributed by atoms with van der Waals surface area (Å²) in [4.78, 5) is 13.0. The lowest BCUT2D eigenvalue weighted by Gasteiger charge is -2.21. The van der Waals surface area contributed by atoms with Crippen molar-refractivity contribution in [2.45, 2.75) is 20.5 Å². The first-order valence-corrected chi connectivity index (χ1v) is 6.43. The van der Waals surface area contributed by atoms with Crippen LogP contribution in [0.15, 0.2) is 48.4 Å². The smallest absolute Gasteiger partial charge is 0.149 e. The lowest BCUT2D eigenvalue weighted by atomic mass is 10.2. The predicted octanol–water partition coefficient (Wildman–Crippen LogP) is 2.81. The highest BCUT2D eigenvalue weighted by atomic mass is 16.5. The van der Waals surface area contributed by atoms with Crippen LogP contribution < -0.4 is 0 Å². The Kier molecular flexibility index (Phi) is 4.39. The van der Waals surface area contributed by atoms with Crippen molar-refractivity contribution in [1.29, 1.82) is 0 Å². The van der Waals surface area contributed by atoms with Crippen molar-refractivity contribution in [1.82, 2.24) is 4.90 Å². The molecule has 0 amide bonds. The van der Waals surface area contributed by atoms with Gasteiger partial charge in [0.05, 0.1) is 6.54 Å². The number of aryl methyl sites for hydroxylation is 1. The molecule has 0 saturated carbocycles. The third-order valence-corrected chi connectivity index (χ3v) is 2.88. The normalized spacial score (nSPS) is 14.2. The lowest BCUT2D eigenvalue weighted by Crippen LogP contribution is -2.26. The van der Waals surface area contributed by atoms with Gasteiger partial charge in [-0.2, -0.15) is 0 Å². The summed E-state index contributed by atoms with van der Waals surface area (Å²) in [6.07, 6.45) is 5.85. The molecule has 3 heteroatoms. The number of nitrogens with zero attached hydrogens (tertiary/aromatic N) is 1. The van der Waals surface area contributed by atoms with Crippen LogP contribution in [0, 0.1) is 6.92 Å². The van der Waals surface area contributed by atoms with Crippen LogP contribution in [-0.4, -0.2) is 23.8 Å². The van der Waals surface area contributed by atoms with Crippen molar-refractivity contribution in [3.8, 4) is 0 Å². The average molecular weight is 257 g/mol. The highest BCUT2D eigenvalue weighted by molar-refractivity contribution is 5.77. The molecule has 0 aliphatic carbocycles. The number of hydrogen-bond donors (Lipinski definition) is 0. The minimum atomic E-state index is 0.157. The number of carbonyl (C=O) groups is 1. The summed E-state index contributed by atoms with van der Waals surface area (Å²) in [6, 6.07) is 8.28. The van der Waals surface area contributed by atoms with Crippen LogP contribution in [0.3, 0.4) is 0 Å². The van der Waals surface area contributed by atoms with E-state index in [0.29, 0.717) is 13.2 Å². The van der Waals surface area contributed by atoms with E-state index in [1.54, 1.807) is 6.92 Å². The maximum atomic E-state index is 11.1. The molecule has 2 rings (SSSR count). The van der Waals surface area contributed by atoms with E-state index in [1.807, 2.05) is 23.3 Å². The molecule has 0 fully saturated rings. The van der Waals surface area contributed by atoms with Gasteiger partial charge in [-0.25, -0.2) is 0 Å². The molecule has 0 bridgehead atoms. The number of carbonyl (C=O) groups excluding carboxylic acids is 1. The van der Waals surface area contributed by atoms with Gasteiger partial charge in [0, 0.05) is 12.7 Å². The van der Waals surface area contributed by atoms with Crippen LogP contribution >= 0.6 is 0 Å². The van der Waals surface area contributed by atoms with Crippen LogP contribution in [0.2, 0.25) is 0 Å². The Hall–Kier alpha value is -2.03. The van der Waals surface area contributed by atoms with Crippen molar-refractivity contribution < 1.29 is 9.53 Å². The molecule has 1 heterocycles. The van der Waals surface area contributed by atoms with Gasteiger partial charge in [0.25, 0.3) is 0 Å². The van der Waals surface area contributed by atoms with Crippen molar-refractivity contribution in [3.05, 3.63) is 59.5 Å². The zero-order valence-corrected chi connectivity index (χ0v) is 11.4. The SMILES string of the molecule is CC(=O)CN1C=C(OCc2ccc(C)cc2)C=CC1. The number of hydrogen-bond acceptors (Lipinski definition) is 3. The molecular formula is C16H19NO2. The van der Waals surface area contributed by atoms with E-state index in [-0.39, 0.29) is 5.78 Å². The zero-order chi connectivity index (χ0) is 13.7. The second-order valence-corrected chi connectivity index (χ2v) is 4.84. The standard InChI is InChI=1S/C16H19NO2/c1-13-5-7-15(8-6-13)12-19-16-4-3-9-17(11-16)10-14(2)18/h3-8,11H,9-10,12H2,1-2H3. The fourth-order valence-electron chi connectivity index (χ4n) is 1.91. The van der Waals surface area contributed by atoms with E-state index in [1.165, 1.54) is 5.56 Å². The summed E-state index contributed by atoms with van der Waals surface area (Å²) in [5, 5.41) is 0. The molecule has 0 atom stereocenters. The summed E-state index contributed by atoms with van der Waals surface area (Å²) in [6.45, 7) is 5.40. The van der Waals surface area contributed by atoms with E-state index in [0.717, 1.165) is 17.9 Å². The number of ether oxygens (including phenoxy) is 1. The minimum absolute atomic E-state index is 0.157. The first-order valence-electron chi connectivity index (χ1n) is 6.43. The van der Waals surface area contributed by atoms with Crippen molar-refractivity contribution in [2.24, 2.45) is 0 Å². The summed E-state index contributed by atoms with van der Waals surface area (Å²) >= 11 is 0. The summed E-state index contributed by atoms with van der Waals surface area (Å²) < 4.78 is 5.74. The fraction of sp³-hybridized carbons (Fsp3) is 0.312. The number of ketones is 1. The summed E-state index contributed by atoms with van der Waals surface area (Å²) in [5.74, 6) is 0.956. The van der Waals surface area contributed by atoms with Gasteiger partial charge in [0.2, 0.25) is 0 Å². The number of allylic oxidation sites excluding steroid dienone is 1. The van der Waals surface area contributed by atoms with Crippen LogP contribution in [0.25, 0.3) is 0 Å². The quantitative estimate of drug-likeness (QED) is 0.812. The monoisotopic (exact) mass is 257 g/mol. The Morgan fingerprint density at radius 2 is 2.05 bits per heavy atom. The molecule has 3 nitrogen and oxygen atoms in total. The Morgan fingerprint density at radius 3 is 2.74 bits per heavy atom. The van der Waals surface area contributed by atoms with Gasteiger partial charge in [-0.15, -0.1) is 0 Å². The van der Waals surface area contributed by atoms with Gasteiger partial charge >= 0.3 is 0 Å². The first-order chi connectivity index (χ1) is 9.13. The van der Waals surface area contributed by atoms with Gasteiger partial charge in [0.15, 0.2) is 0 Å². The fourth-order valence-corrected chi connectivity index (χ4v) is 1.91. The van der Waals surface area contributed by atoms with Gasteiger partial charge < -0.3 is 9.64 Å². The first kappa shape index (κ1) is 13.4. The van der Waals surface area contributed by atoms with E-state index in [2.05, 4.69) is 31.2 Å². The van der Waals surface area contributed by atoms with Gasteiger partial charge in [-0.1, -0.05) is 35.9 Å². The van der Waals surface area contributed by atoms with E-state index in [4.69, 9.17) is 4.74 Å². The Morgan fingerprint density at radius 1 is 1.32 bits per heavy atom. The third-order valence-electron chi connectivity index (χ3n) is 2.88. The maximum Gasteiger partial charge on any atom is 0.149 e. The molecule has 0 spiro atoms. The summed E-state index contributed by atoms with van der Waals surface area (Å²) in [7, 11) is 0. The molecule has 19 heavy (non-hydrogen) atoms. The number of Topliss-reactive ketones (excluding diaryl/α,β-unsaturated/α-hetero) is 1. The van der Waals surface area contributed by atoms with Gasteiger partial charge in [-0.3, -0.25) is 4.79 Å². The van der Waals surface area contributed by atoms with Gasteiger partial charge in [0.1, 0.15) is 18.1 Å². The van der Waals surface area contributed by atoms with Crippen molar-refractivity contribution in [2.75, 3.05) is 13.1 Å². The van der Waals surface area contributed by atoms with Crippen LogP contribution in [0.5, 0.6) is 0 Å². The predicted molar refractivity (Wildman–Crippen MR) is 75.4 cm³/mol. The Bertz CT molecular complexity index is 500. The average Bonchev–Trinajstić information content (AvgIpc) is 2.38. The topological polar surface area (TPSA) is 29.5 Å². The zero-order valence-electron chi connectivity index (χ0n) is 11.4. The number of benzene rings is 1. The Balaban J connectivity index is 1.91. The Labute approximate surface area is 114 Å². The molecule has 0 unspecified atom stereocenters. The summed E-state index contributed by atoms with van der Waals surface area (Å²) in [5.41, 5.74) is 2.39. The molecule has 0 aromatic heterocycles. The van der Waals surface area contributed by atoms with Crippen molar-refractivity contribution >= 4 is 5.78 Å². The highest BCUT2D eigenvalue weighted by Gasteiger charge is 2.08. The van der Waals surface area contributed by atoms with Crippen LogP contribution in [0.1, 0.15) is 18.1 Å². The molecule has 0 N–H and O–H groups in total. The molecule has 1 aromatic carbocycles. The second kappa shape index (κ2) is 6.23. The molecule has 1 aromatic rings. The molecular weight excluding hydrogens is 238 g/mol. The van der Waals surface area contributed by atoms with Gasteiger partial charge in [-0.05, 0) is 25.5 Å². The van der Waals surface area contributed by atoms with E-state index in [9.17, 15) is 4.79 Å². The molecule has 1 aliphatic rings. The highest BCUT2D eigenvalue weighted by Crippen LogP contribution is 2.12. The van der Waals surface area contributed by atoms with E-state index < -0.39 is 0 Å². The second-order valence-electron chi connectivity index (χ2n) is 4.84. The number of rotatable bonds is 5.